The van der Waals surface area contributed by atoms with Gasteiger partial charge in [0.2, 0.25) is 5.88 Å². The number of pyridine rings is 1. The molecule has 0 unspecified atom stereocenters. The van der Waals surface area contributed by atoms with Crippen molar-refractivity contribution < 1.29 is 19.1 Å². The highest BCUT2D eigenvalue weighted by atomic mass is 16.5. The number of carbonyl (C=O) groups excluding carboxylic acids is 2. The summed E-state index contributed by atoms with van der Waals surface area (Å²) in [6.07, 6.45) is 1.49. The maximum Gasteiger partial charge on any atom is 0.276 e. The second-order valence-corrected chi connectivity index (χ2v) is 6.45. The largest absolute Gasteiger partial charge is 0.476 e. The lowest BCUT2D eigenvalue weighted by molar-refractivity contribution is 0.0957. The van der Waals surface area contributed by atoms with Crippen molar-refractivity contribution in [3.8, 4) is 17.4 Å². The molecule has 2 amide bonds. The fraction of sp³-hybridized carbons (Fsp3) is 0.200. The van der Waals surface area contributed by atoms with E-state index in [-0.39, 0.29) is 23.2 Å². The third-order valence-corrected chi connectivity index (χ3v) is 4.33. The van der Waals surface area contributed by atoms with Crippen molar-refractivity contribution in [2.75, 3.05) is 19.0 Å². The Morgan fingerprint density at radius 3 is 2.79 bits per heavy atom. The topological polar surface area (TPSA) is 107 Å². The SMILES string of the molecule is CNC(=O)c1cc(Oc2cc(C)ccc2NC(=O)c2cc3n(n2)CCO3)ccn1. The van der Waals surface area contributed by atoms with Gasteiger partial charge < -0.3 is 20.1 Å². The molecule has 4 rings (SSSR count). The molecular formula is C20H19N5O4. The maximum absolute atomic E-state index is 12.6. The van der Waals surface area contributed by atoms with Crippen LogP contribution in [0.25, 0.3) is 0 Å². The molecule has 0 spiro atoms. The zero-order valence-corrected chi connectivity index (χ0v) is 15.9. The van der Waals surface area contributed by atoms with E-state index in [2.05, 4.69) is 20.7 Å². The summed E-state index contributed by atoms with van der Waals surface area (Å²) in [5.74, 6) is 0.756. The van der Waals surface area contributed by atoms with Crippen LogP contribution in [0.5, 0.6) is 17.4 Å². The predicted octanol–water partition coefficient (Wildman–Crippen LogP) is 2.38. The van der Waals surface area contributed by atoms with Gasteiger partial charge in [-0.1, -0.05) is 6.07 Å². The van der Waals surface area contributed by atoms with Crippen molar-refractivity contribution in [2.24, 2.45) is 0 Å². The van der Waals surface area contributed by atoms with E-state index in [4.69, 9.17) is 9.47 Å². The van der Waals surface area contributed by atoms with Gasteiger partial charge in [-0.2, -0.15) is 5.10 Å². The van der Waals surface area contributed by atoms with Crippen LogP contribution in [0.2, 0.25) is 0 Å². The van der Waals surface area contributed by atoms with Gasteiger partial charge in [-0.05, 0) is 30.7 Å². The fourth-order valence-corrected chi connectivity index (χ4v) is 2.88. The first-order chi connectivity index (χ1) is 14.0. The fourth-order valence-electron chi connectivity index (χ4n) is 2.88. The molecule has 0 bridgehead atoms. The van der Waals surface area contributed by atoms with Gasteiger partial charge >= 0.3 is 0 Å². The molecule has 0 radical (unpaired) electrons. The minimum atomic E-state index is -0.370. The molecule has 3 aromatic rings. The Hall–Kier alpha value is -3.88. The molecule has 2 N–H and O–H groups in total. The molecule has 9 heteroatoms. The molecule has 148 valence electrons. The number of hydrogen-bond acceptors (Lipinski definition) is 6. The van der Waals surface area contributed by atoms with E-state index in [1.807, 2.05) is 13.0 Å². The van der Waals surface area contributed by atoms with Crippen molar-refractivity contribution in [2.45, 2.75) is 13.5 Å². The lowest BCUT2D eigenvalue weighted by Crippen LogP contribution is -2.19. The lowest BCUT2D eigenvalue weighted by atomic mass is 10.2. The zero-order valence-electron chi connectivity index (χ0n) is 15.9. The molecule has 0 fully saturated rings. The second-order valence-electron chi connectivity index (χ2n) is 6.45. The van der Waals surface area contributed by atoms with Gasteiger partial charge in [-0.25, -0.2) is 4.68 Å². The van der Waals surface area contributed by atoms with Crippen LogP contribution in [0, 0.1) is 6.92 Å². The third-order valence-electron chi connectivity index (χ3n) is 4.33. The number of aromatic nitrogens is 3. The smallest absolute Gasteiger partial charge is 0.276 e. The van der Waals surface area contributed by atoms with Crippen LogP contribution in [0.4, 0.5) is 5.69 Å². The van der Waals surface area contributed by atoms with E-state index in [1.54, 1.807) is 28.9 Å². The monoisotopic (exact) mass is 393 g/mol. The first kappa shape index (κ1) is 18.5. The van der Waals surface area contributed by atoms with Crippen molar-refractivity contribution in [3.63, 3.8) is 0 Å². The van der Waals surface area contributed by atoms with Crippen LogP contribution in [0.1, 0.15) is 26.5 Å². The summed E-state index contributed by atoms with van der Waals surface area (Å²) in [4.78, 5) is 28.4. The Balaban J connectivity index is 1.57. The Morgan fingerprint density at radius 2 is 2.00 bits per heavy atom. The number of rotatable bonds is 5. The van der Waals surface area contributed by atoms with Gasteiger partial charge in [0.25, 0.3) is 11.8 Å². The van der Waals surface area contributed by atoms with Crippen molar-refractivity contribution in [3.05, 3.63) is 59.5 Å². The number of benzene rings is 1. The summed E-state index contributed by atoms with van der Waals surface area (Å²) in [6, 6.07) is 10.2. The Labute approximate surface area is 166 Å². The van der Waals surface area contributed by atoms with Gasteiger partial charge in [0.05, 0.1) is 12.2 Å². The highest BCUT2D eigenvalue weighted by Gasteiger charge is 2.20. The maximum atomic E-state index is 12.6. The second kappa shape index (κ2) is 7.63. The normalized spacial score (nSPS) is 12.1. The molecule has 1 aliphatic rings. The molecule has 1 aromatic carbocycles. The van der Waals surface area contributed by atoms with Gasteiger partial charge in [0.1, 0.15) is 18.1 Å². The molecule has 2 aromatic heterocycles. The van der Waals surface area contributed by atoms with Crippen molar-refractivity contribution >= 4 is 17.5 Å². The number of anilines is 1. The van der Waals surface area contributed by atoms with E-state index in [9.17, 15) is 9.59 Å². The summed E-state index contributed by atoms with van der Waals surface area (Å²) in [5.41, 5.74) is 1.92. The van der Waals surface area contributed by atoms with E-state index in [0.29, 0.717) is 36.2 Å². The third kappa shape index (κ3) is 3.88. The van der Waals surface area contributed by atoms with E-state index >= 15 is 0 Å². The molecule has 1 aliphatic heterocycles. The summed E-state index contributed by atoms with van der Waals surface area (Å²) >= 11 is 0. The van der Waals surface area contributed by atoms with E-state index in [0.717, 1.165) is 5.56 Å². The van der Waals surface area contributed by atoms with Crippen LogP contribution in [-0.4, -0.2) is 40.2 Å². The van der Waals surface area contributed by atoms with Gasteiger partial charge in [0, 0.05) is 25.4 Å². The van der Waals surface area contributed by atoms with Gasteiger partial charge in [-0.3, -0.25) is 14.6 Å². The number of hydrogen-bond donors (Lipinski definition) is 2. The molecule has 0 saturated carbocycles. The first-order valence-corrected chi connectivity index (χ1v) is 9.02. The van der Waals surface area contributed by atoms with Crippen molar-refractivity contribution in [1.29, 1.82) is 0 Å². The minimum Gasteiger partial charge on any atom is -0.476 e. The van der Waals surface area contributed by atoms with Crippen LogP contribution in [0.15, 0.2) is 42.6 Å². The van der Waals surface area contributed by atoms with Crippen molar-refractivity contribution in [1.82, 2.24) is 20.1 Å². The average molecular weight is 393 g/mol. The number of fused-ring (bicyclic) bond motifs is 1. The predicted molar refractivity (Wildman–Crippen MR) is 105 cm³/mol. The Kier molecular flexibility index (Phi) is 4.86. The Bertz CT molecular complexity index is 1070. The van der Waals surface area contributed by atoms with Gasteiger partial charge in [-0.15, -0.1) is 0 Å². The number of nitrogens with zero attached hydrogens (tertiary/aromatic N) is 3. The molecule has 29 heavy (non-hydrogen) atoms. The quantitative estimate of drug-likeness (QED) is 0.689. The highest BCUT2D eigenvalue weighted by molar-refractivity contribution is 6.04. The van der Waals surface area contributed by atoms with Crippen LogP contribution >= 0.6 is 0 Å². The average Bonchev–Trinajstić information content (AvgIpc) is 3.32. The standard InChI is InChI=1S/C20H19N5O4/c1-12-3-4-14(23-20(27)16-11-18-25(24-16)7-8-28-18)17(9-12)29-13-5-6-22-15(10-13)19(26)21-2/h3-6,9-11H,7-8H2,1-2H3,(H,21,26)(H,23,27). The van der Waals surface area contributed by atoms with E-state index in [1.165, 1.54) is 19.3 Å². The number of carbonyl (C=O) groups is 2. The summed E-state index contributed by atoms with van der Waals surface area (Å²) in [5, 5.41) is 9.59. The molecular weight excluding hydrogens is 374 g/mol. The van der Waals surface area contributed by atoms with Gasteiger partial charge in [0.15, 0.2) is 11.4 Å². The Morgan fingerprint density at radius 1 is 1.14 bits per heavy atom. The minimum absolute atomic E-state index is 0.232. The van der Waals surface area contributed by atoms with Crippen LogP contribution in [-0.2, 0) is 6.54 Å². The zero-order chi connectivity index (χ0) is 20.4. The number of aryl methyl sites for hydroxylation is 1. The molecule has 0 atom stereocenters. The number of amides is 2. The number of nitrogens with one attached hydrogen (secondary N) is 2. The molecule has 0 saturated heterocycles. The summed E-state index contributed by atoms with van der Waals surface area (Å²) in [7, 11) is 1.53. The lowest BCUT2D eigenvalue weighted by Gasteiger charge is -2.13. The van der Waals surface area contributed by atoms with E-state index < -0.39 is 0 Å². The summed E-state index contributed by atoms with van der Waals surface area (Å²) in [6.45, 7) is 3.10. The molecule has 9 nitrogen and oxygen atoms in total. The molecule has 3 heterocycles. The first-order valence-electron chi connectivity index (χ1n) is 9.02. The summed E-state index contributed by atoms with van der Waals surface area (Å²) < 4.78 is 13.0. The molecule has 0 aliphatic carbocycles. The highest BCUT2D eigenvalue weighted by Crippen LogP contribution is 2.31. The van der Waals surface area contributed by atoms with Crippen LogP contribution < -0.4 is 20.1 Å². The number of ether oxygens (including phenoxy) is 2. The van der Waals surface area contributed by atoms with Crippen LogP contribution in [0.3, 0.4) is 0 Å².